The number of rotatable bonds is 4. The first-order valence-electron chi connectivity index (χ1n) is 6.56. The summed E-state index contributed by atoms with van der Waals surface area (Å²) in [6.07, 6.45) is 2.48. The number of nitrogens with one attached hydrogen (secondary N) is 1. The predicted octanol–water partition coefficient (Wildman–Crippen LogP) is 1.75. The fourth-order valence-electron chi connectivity index (χ4n) is 2.13. The predicted molar refractivity (Wildman–Crippen MR) is 70.5 cm³/mol. The standard InChI is InChI=1S/C14H22N2O/c1-2-6-14(7-3-1)17-13-12-16-10-4-8-15-9-5-11-16/h1-3,6-7,15H,4-5,8-13H2. The SMILES string of the molecule is c1ccc(OCCN2CCCNCCC2)cc1. The van der Waals surface area contributed by atoms with Crippen molar-refractivity contribution in [3.63, 3.8) is 0 Å². The molecule has 1 aliphatic rings. The average Bonchev–Trinajstić information content (AvgIpc) is 2.33. The number of ether oxygens (including phenoxy) is 1. The maximum Gasteiger partial charge on any atom is 0.119 e. The molecule has 1 heterocycles. The van der Waals surface area contributed by atoms with Gasteiger partial charge in [-0.05, 0) is 51.2 Å². The molecule has 0 amide bonds. The summed E-state index contributed by atoms with van der Waals surface area (Å²) in [4.78, 5) is 2.50. The average molecular weight is 234 g/mol. The van der Waals surface area contributed by atoms with Gasteiger partial charge in [-0.1, -0.05) is 18.2 Å². The number of benzene rings is 1. The molecule has 0 saturated carbocycles. The van der Waals surface area contributed by atoms with Crippen LogP contribution < -0.4 is 10.1 Å². The van der Waals surface area contributed by atoms with Crippen molar-refractivity contribution in [1.29, 1.82) is 0 Å². The molecule has 1 aliphatic heterocycles. The third kappa shape index (κ3) is 4.75. The van der Waals surface area contributed by atoms with E-state index in [4.69, 9.17) is 4.74 Å². The largest absolute Gasteiger partial charge is 0.492 e. The second kappa shape index (κ2) is 7.30. The van der Waals surface area contributed by atoms with Crippen molar-refractivity contribution in [3.8, 4) is 5.75 Å². The zero-order valence-electron chi connectivity index (χ0n) is 10.4. The van der Waals surface area contributed by atoms with Gasteiger partial charge in [-0.3, -0.25) is 4.90 Å². The molecule has 3 nitrogen and oxygen atoms in total. The summed E-state index contributed by atoms with van der Waals surface area (Å²) >= 11 is 0. The molecule has 1 aromatic rings. The smallest absolute Gasteiger partial charge is 0.119 e. The van der Waals surface area contributed by atoms with Crippen molar-refractivity contribution in [1.82, 2.24) is 10.2 Å². The van der Waals surface area contributed by atoms with Gasteiger partial charge in [0.05, 0.1) is 0 Å². The fourth-order valence-corrected chi connectivity index (χ4v) is 2.13. The van der Waals surface area contributed by atoms with E-state index in [1.807, 2.05) is 30.3 Å². The highest BCUT2D eigenvalue weighted by molar-refractivity contribution is 5.20. The van der Waals surface area contributed by atoms with E-state index in [2.05, 4.69) is 10.2 Å². The topological polar surface area (TPSA) is 24.5 Å². The van der Waals surface area contributed by atoms with Crippen LogP contribution in [0.5, 0.6) is 5.75 Å². The van der Waals surface area contributed by atoms with Crippen molar-refractivity contribution >= 4 is 0 Å². The Bertz CT molecular complexity index is 294. The highest BCUT2D eigenvalue weighted by Gasteiger charge is 2.07. The molecule has 0 spiro atoms. The Labute approximate surface area is 104 Å². The van der Waals surface area contributed by atoms with E-state index < -0.39 is 0 Å². The maximum atomic E-state index is 5.72. The van der Waals surface area contributed by atoms with Gasteiger partial charge in [-0.2, -0.15) is 0 Å². The first-order valence-corrected chi connectivity index (χ1v) is 6.56. The fraction of sp³-hybridized carbons (Fsp3) is 0.571. The van der Waals surface area contributed by atoms with Gasteiger partial charge in [0.2, 0.25) is 0 Å². The lowest BCUT2D eigenvalue weighted by atomic mass is 10.3. The Kier molecular flexibility index (Phi) is 5.33. The van der Waals surface area contributed by atoms with Crippen molar-refractivity contribution < 1.29 is 4.74 Å². The first kappa shape index (κ1) is 12.4. The summed E-state index contributed by atoms with van der Waals surface area (Å²) in [6, 6.07) is 10.1. The molecule has 2 rings (SSSR count). The van der Waals surface area contributed by atoms with Crippen molar-refractivity contribution in [2.45, 2.75) is 12.8 Å². The van der Waals surface area contributed by atoms with E-state index in [-0.39, 0.29) is 0 Å². The zero-order valence-corrected chi connectivity index (χ0v) is 10.4. The molecule has 1 N–H and O–H groups in total. The monoisotopic (exact) mass is 234 g/mol. The third-order valence-corrected chi connectivity index (χ3v) is 3.08. The minimum Gasteiger partial charge on any atom is -0.492 e. The van der Waals surface area contributed by atoms with Crippen molar-refractivity contribution in [3.05, 3.63) is 30.3 Å². The molecule has 94 valence electrons. The van der Waals surface area contributed by atoms with Crippen LogP contribution in [-0.4, -0.2) is 44.2 Å². The number of hydrogen-bond donors (Lipinski definition) is 1. The van der Waals surface area contributed by atoms with E-state index in [0.29, 0.717) is 0 Å². The molecular weight excluding hydrogens is 212 g/mol. The van der Waals surface area contributed by atoms with Gasteiger partial charge in [0.15, 0.2) is 0 Å². The van der Waals surface area contributed by atoms with E-state index in [1.54, 1.807) is 0 Å². The normalized spacial score (nSPS) is 18.4. The third-order valence-electron chi connectivity index (χ3n) is 3.08. The summed E-state index contributed by atoms with van der Waals surface area (Å²) in [6.45, 7) is 6.49. The van der Waals surface area contributed by atoms with Gasteiger partial charge < -0.3 is 10.1 Å². The second-order valence-electron chi connectivity index (χ2n) is 4.46. The number of hydrogen-bond acceptors (Lipinski definition) is 3. The van der Waals surface area contributed by atoms with Crippen LogP contribution in [0.4, 0.5) is 0 Å². The van der Waals surface area contributed by atoms with Crippen LogP contribution in [0.2, 0.25) is 0 Å². The van der Waals surface area contributed by atoms with Gasteiger partial charge in [-0.15, -0.1) is 0 Å². The summed E-state index contributed by atoms with van der Waals surface area (Å²) in [5.74, 6) is 0.973. The summed E-state index contributed by atoms with van der Waals surface area (Å²) in [5, 5.41) is 3.43. The molecule has 0 bridgehead atoms. The molecule has 0 aromatic heterocycles. The molecule has 1 saturated heterocycles. The van der Waals surface area contributed by atoms with Crippen LogP contribution in [-0.2, 0) is 0 Å². The van der Waals surface area contributed by atoms with Crippen molar-refractivity contribution in [2.75, 3.05) is 39.3 Å². The van der Waals surface area contributed by atoms with E-state index in [1.165, 1.54) is 25.9 Å². The molecule has 0 aliphatic carbocycles. The Morgan fingerprint density at radius 2 is 1.76 bits per heavy atom. The zero-order chi connectivity index (χ0) is 11.8. The maximum absolute atomic E-state index is 5.72. The summed E-state index contributed by atoms with van der Waals surface area (Å²) < 4.78 is 5.72. The highest BCUT2D eigenvalue weighted by Crippen LogP contribution is 2.08. The molecule has 17 heavy (non-hydrogen) atoms. The van der Waals surface area contributed by atoms with Crippen LogP contribution in [0.1, 0.15) is 12.8 Å². The highest BCUT2D eigenvalue weighted by atomic mass is 16.5. The summed E-state index contributed by atoms with van der Waals surface area (Å²) in [5.41, 5.74) is 0. The molecule has 1 fully saturated rings. The second-order valence-corrected chi connectivity index (χ2v) is 4.46. The Balaban J connectivity index is 1.66. The van der Waals surface area contributed by atoms with E-state index >= 15 is 0 Å². The summed E-state index contributed by atoms with van der Waals surface area (Å²) in [7, 11) is 0. The van der Waals surface area contributed by atoms with Gasteiger partial charge in [0.25, 0.3) is 0 Å². The number of nitrogens with zero attached hydrogens (tertiary/aromatic N) is 1. The lowest BCUT2D eigenvalue weighted by Crippen LogP contribution is -2.36. The Morgan fingerprint density at radius 1 is 1.06 bits per heavy atom. The van der Waals surface area contributed by atoms with Gasteiger partial charge >= 0.3 is 0 Å². The minimum atomic E-state index is 0.789. The van der Waals surface area contributed by atoms with Gasteiger partial charge in [0.1, 0.15) is 12.4 Å². The number of para-hydroxylation sites is 1. The molecule has 1 aromatic carbocycles. The van der Waals surface area contributed by atoms with Crippen LogP contribution in [0.3, 0.4) is 0 Å². The van der Waals surface area contributed by atoms with Crippen LogP contribution in [0.15, 0.2) is 30.3 Å². The van der Waals surface area contributed by atoms with Crippen molar-refractivity contribution in [2.24, 2.45) is 0 Å². The van der Waals surface area contributed by atoms with Crippen LogP contribution in [0, 0.1) is 0 Å². The molecule has 0 radical (unpaired) electrons. The first-order chi connectivity index (χ1) is 8.45. The molecule has 0 atom stereocenters. The quantitative estimate of drug-likeness (QED) is 0.859. The molecular formula is C14H22N2O. The van der Waals surface area contributed by atoms with Crippen LogP contribution in [0.25, 0.3) is 0 Å². The lowest BCUT2D eigenvalue weighted by molar-refractivity contribution is 0.198. The van der Waals surface area contributed by atoms with Gasteiger partial charge in [-0.25, -0.2) is 0 Å². The van der Waals surface area contributed by atoms with Crippen LogP contribution >= 0.6 is 0 Å². The molecule has 0 unspecified atom stereocenters. The molecule has 3 heteroatoms. The van der Waals surface area contributed by atoms with E-state index in [9.17, 15) is 0 Å². The minimum absolute atomic E-state index is 0.789. The Morgan fingerprint density at radius 3 is 2.47 bits per heavy atom. The van der Waals surface area contributed by atoms with E-state index in [0.717, 1.165) is 32.0 Å². The van der Waals surface area contributed by atoms with Gasteiger partial charge in [0, 0.05) is 6.54 Å². The Hall–Kier alpha value is -1.06. The lowest BCUT2D eigenvalue weighted by Gasteiger charge is -2.24.